The van der Waals surface area contributed by atoms with E-state index in [4.69, 9.17) is 15.8 Å². The van der Waals surface area contributed by atoms with Gasteiger partial charge in [0.1, 0.15) is 0 Å². The molecule has 0 heterocycles. The maximum absolute atomic E-state index is 6.13. The van der Waals surface area contributed by atoms with E-state index >= 15 is 0 Å². The predicted molar refractivity (Wildman–Crippen MR) is 59.7 cm³/mol. The zero-order valence-corrected chi connectivity index (χ0v) is 9.77. The van der Waals surface area contributed by atoms with Gasteiger partial charge in [-0.15, -0.1) is 0 Å². The summed E-state index contributed by atoms with van der Waals surface area (Å²) in [5.74, 6) is 0. The van der Waals surface area contributed by atoms with Crippen LogP contribution >= 0.6 is 18.7 Å². The van der Waals surface area contributed by atoms with E-state index in [2.05, 4.69) is 0 Å². The van der Waals surface area contributed by atoms with Crippen molar-refractivity contribution in [2.45, 2.75) is 26.4 Å². The van der Waals surface area contributed by atoms with Crippen LogP contribution in [0.3, 0.4) is 0 Å². The average molecular weight is 217 g/mol. The molecule has 0 fully saturated rings. The quantitative estimate of drug-likeness (QED) is 0.686. The standard InChI is InChI=1S/C10H14ClOP/c1-10(2,3)12-13(11)9-7-5-4-6-8-9/h4-8H,1-3H3. The Morgan fingerprint density at radius 2 is 1.69 bits per heavy atom. The third-order valence-corrected chi connectivity index (χ3v) is 3.52. The molecule has 1 nitrogen and oxygen atoms in total. The molecule has 0 bridgehead atoms. The molecule has 1 aromatic carbocycles. The van der Waals surface area contributed by atoms with Crippen LogP contribution in [0.5, 0.6) is 0 Å². The molecule has 13 heavy (non-hydrogen) atoms. The first kappa shape index (κ1) is 11.0. The molecule has 0 spiro atoms. The first-order valence-corrected chi connectivity index (χ1v) is 6.35. The average Bonchev–Trinajstić information content (AvgIpc) is 2.03. The molecule has 1 atom stereocenters. The van der Waals surface area contributed by atoms with Crippen LogP contribution in [0.4, 0.5) is 0 Å². The van der Waals surface area contributed by atoms with E-state index in [1.165, 1.54) is 0 Å². The minimum absolute atomic E-state index is 0.177. The summed E-state index contributed by atoms with van der Waals surface area (Å²) in [6.45, 7) is 6.02. The molecule has 1 aromatic rings. The summed E-state index contributed by atoms with van der Waals surface area (Å²) in [7, 11) is -0.992. The van der Waals surface area contributed by atoms with Crippen molar-refractivity contribution < 1.29 is 4.52 Å². The van der Waals surface area contributed by atoms with Gasteiger partial charge in [0.15, 0.2) is 7.50 Å². The lowest BCUT2D eigenvalue weighted by Gasteiger charge is -2.22. The highest BCUT2D eigenvalue weighted by molar-refractivity contribution is 7.86. The second-order valence-electron chi connectivity index (χ2n) is 3.78. The molecular formula is C10H14ClOP. The highest BCUT2D eigenvalue weighted by Gasteiger charge is 2.18. The highest BCUT2D eigenvalue weighted by atomic mass is 35.7. The van der Waals surface area contributed by atoms with Crippen LogP contribution in [0, 0.1) is 0 Å². The van der Waals surface area contributed by atoms with Crippen molar-refractivity contribution in [1.29, 1.82) is 0 Å². The Hall–Kier alpha value is -0.100. The van der Waals surface area contributed by atoms with Crippen molar-refractivity contribution in [3.8, 4) is 0 Å². The Kier molecular flexibility index (Phi) is 3.73. The van der Waals surface area contributed by atoms with Crippen molar-refractivity contribution in [3.63, 3.8) is 0 Å². The van der Waals surface area contributed by atoms with E-state index in [1.54, 1.807) is 0 Å². The molecule has 0 amide bonds. The van der Waals surface area contributed by atoms with Crippen molar-refractivity contribution in [3.05, 3.63) is 30.3 Å². The van der Waals surface area contributed by atoms with Crippen LogP contribution in [-0.4, -0.2) is 5.60 Å². The molecule has 0 radical (unpaired) electrons. The van der Waals surface area contributed by atoms with Crippen LogP contribution < -0.4 is 5.30 Å². The van der Waals surface area contributed by atoms with E-state index in [-0.39, 0.29) is 5.60 Å². The van der Waals surface area contributed by atoms with E-state index in [1.807, 2.05) is 51.1 Å². The fraction of sp³-hybridized carbons (Fsp3) is 0.400. The molecular weight excluding hydrogens is 203 g/mol. The summed E-state index contributed by atoms with van der Waals surface area (Å²) in [4.78, 5) is 0. The largest absolute Gasteiger partial charge is 0.334 e. The van der Waals surface area contributed by atoms with Crippen LogP contribution in [0.25, 0.3) is 0 Å². The van der Waals surface area contributed by atoms with Gasteiger partial charge < -0.3 is 4.52 Å². The first-order valence-electron chi connectivity index (χ1n) is 4.19. The Bertz CT molecular complexity index is 255. The van der Waals surface area contributed by atoms with Crippen molar-refractivity contribution in [2.75, 3.05) is 0 Å². The summed E-state index contributed by atoms with van der Waals surface area (Å²) in [6, 6.07) is 9.90. The number of rotatable bonds is 2. The third kappa shape index (κ3) is 4.08. The normalized spacial score (nSPS) is 14.2. The maximum Gasteiger partial charge on any atom is 0.157 e. The zero-order valence-electron chi connectivity index (χ0n) is 8.12. The molecule has 3 heteroatoms. The zero-order chi connectivity index (χ0) is 9.90. The van der Waals surface area contributed by atoms with Gasteiger partial charge in [0.25, 0.3) is 0 Å². The minimum Gasteiger partial charge on any atom is -0.334 e. The van der Waals surface area contributed by atoms with E-state index in [0.29, 0.717) is 0 Å². The molecule has 1 rings (SSSR count). The van der Waals surface area contributed by atoms with Gasteiger partial charge in [0, 0.05) is 5.30 Å². The lowest BCUT2D eigenvalue weighted by atomic mass is 10.2. The smallest absolute Gasteiger partial charge is 0.157 e. The Morgan fingerprint density at radius 1 is 1.15 bits per heavy atom. The van der Waals surface area contributed by atoms with Crippen LogP contribution in [-0.2, 0) is 4.52 Å². The van der Waals surface area contributed by atoms with E-state index < -0.39 is 7.50 Å². The van der Waals surface area contributed by atoms with Crippen LogP contribution in [0.1, 0.15) is 20.8 Å². The SMILES string of the molecule is CC(C)(C)OP(Cl)c1ccccc1. The van der Waals surface area contributed by atoms with Gasteiger partial charge in [-0.25, -0.2) is 0 Å². The Balaban J connectivity index is 2.64. The van der Waals surface area contributed by atoms with Gasteiger partial charge in [-0.2, -0.15) is 0 Å². The first-order chi connectivity index (χ1) is 5.99. The number of halogens is 1. The fourth-order valence-corrected chi connectivity index (χ4v) is 2.79. The topological polar surface area (TPSA) is 9.23 Å². The summed E-state index contributed by atoms with van der Waals surface area (Å²) in [6.07, 6.45) is 0. The summed E-state index contributed by atoms with van der Waals surface area (Å²) in [5, 5.41) is 1.06. The van der Waals surface area contributed by atoms with Gasteiger partial charge in [0.05, 0.1) is 5.60 Å². The maximum atomic E-state index is 6.13. The highest BCUT2D eigenvalue weighted by Crippen LogP contribution is 2.44. The Labute approximate surface area is 85.7 Å². The lowest BCUT2D eigenvalue weighted by Crippen LogP contribution is -2.17. The molecule has 1 unspecified atom stereocenters. The molecule has 0 saturated carbocycles. The molecule has 0 aromatic heterocycles. The van der Waals surface area contributed by atoms with Gasteiger partial charge in [0.2, 0.25) is 0 Å². The molecule has 0 aliphatic heterocycles. The van der Waals surface area contributed by atoms with Gasteiger partial charge >= 0.3 is 0 Å². The van der Waals surface area contributed by atoms with Crippen molar-refractivity contribution in [2.24, 2.45) is 0 Å². The second-order valence-corrected chi connectivity index (χ2v) is 5.89. The van der Waals surface area contributed by atoms with Crippen molar-refractivity contribution in [1.82, 2.24) is 0 Å². The lowest BCUT2D eigenvalue weighted by molar-refractivity contribution is 0.157. The molecule has 0 N–H and O–H groups in total. The summed E-state index contributed by atoms with van der Waals surface area (Å²) >= 11 is 6.13. The minimum atomic E-state index is -0.992. The van der Waals surface area contributed by atoms with E-state index in [9.17, 15) is 0 Å². The molecule has 0 aliphatic carbocycles. The van der Waals surface area contributed by atoms with Gasteiger partial charge in [-0.1, -0.05) is 41.6 Å². The van der Waals surface area contributed by atoms with Crippen molar-refractivity contribution >= 4 is 24.0 Å². The number of hydrogen-bond donors (Lipinski definition) is 0. The molecule has 72 valence electrons. The summed E-state index contributed by atoms with van der Waals surface area (Å²) < 4.78 is 5.65. The molecule has 0 saturated heterocycles. The molecule has 0 aliphatic rings. The second kappa shape index (κ2) is 4.41. The van der Waals surface area contributed by atoms with Crippen LogP contribution in [0.2, 0.25) is 0 Å². The third-order valence-electron chi connectivity index (χ3n) is 1.31. The fourth-order valence-electron chi connectivity index (χ4n) is 0.838. The van der Waals surface area contributed by atoms with Crippen LogP contribution in [0.15, 0.2) is 30.3 Å². The van der Waals surface area contributed by atoms with E-state index in [0.717, 1.165) is 5.30 Å². The Morgan fingerprint density at radius 3 is 2.15 bits per heavy atom. The monoisotopic (exact) mass is 216 g/mol. The van der Waals surface area contributed by atoms with Gasteiger partial charge in [-0.3, -0.25) is 0 Å². The predicted octanol–water partition coefficient (Wildman–Crippen LogP) is 3.68. The summed E-state index contributed by atoms with van der Waals surface area (Å²) in [5.41, 5.74) is -0.177. The number of benzene rings is 1. The number of hydrogen-bond acceptors (Lipinski definition) is 1. The van der Waals surface area contributed by atoms with Gasteiger partial charge in [-0.05, 0) is 20.8 Å².